The molecule has 4 aromatic rings. The van der Waals surface area contributed by atoms with Crippen molar-refractivity contribution in [1.29, 1.82) is 0 Å². The third kappa shape index (κ3) is 10.4. The molecule has 15 nitrogen and oxygen atoms in total. The van der Waals surface area contributed by atoms with Gasteiger partial charge in [0.25, 0.3) is 11.8 Å². The lowest BCUT2D eigenvalue weighted by atomic mass is 10.1. The number of alkyl halides is 3. The van der Waals surface area contributed by atoms with Crippen molar-refractivity contribution in [2.24, 2.45) is 7.05 Å². The van der Waals surface area contributed by atoms with Crippen LogP contribution in [-0.2, 0) is 33.4 Å². The number of nitrogens with zero attached hydrogens (tertiary/aromatic N) is 5. The second kappa shape index (κ2) is 15.4. The van der Waals surface area contributed by atoms with E-state index in [0.717, 1.165) is 5.56 Å². The Bertz CT molecular complexity index is 1900. The Balaban J connectivity index is 1.20. The highest BCUT2D eigenvalue weighted by molar-refractivity contribution is 6.36. The summed E-state index contributed by atoms with van der Waals surface area (Å²) in [5.74, 6) is -3.95. The van der Waals surface area contributed by atoms with Crippen molar-refractivity contribution in [3.8, 4) is 6.01 Å². The highest BCUT2D eigenvalue weighted by Gasteiger charge is 2.45. The van der Waals surface area contributed by atoms with Crippen molar-refractivity contribution in [1.82, 2.24) is 35.4 Å². The number of carboxylic acid groups (broad SMARTS) is 1. The van der Waals surface area contributed by atoms with Gasteiger partial charge < -0.3 is 31.1 Å². The Morgan fingerprint density at radius 2 is 1.69 bits per heavy atom. The Labute approximate surface area is 293 Å². The summed E-state index contributed by atoms with van der Waals surface area (Å²) in [5.41, 5.74) is 1.14. The minimum atomic E-state index is -4.64. The molecule has 0 aliphatic heterocycles. The lowest BCUT2D eigenvalue weighted by Gasteiger charge is -2.19. The van der Waals surface area contributed by atoms with Crippen LogP contribution in [0.5, 0.6) is 6.01 Å². The van der Waals surface area contributed by atoms with E-state index in [1.54, 1.807) is 31.4 Å². The SMILES string of the molecule is Cn1ccc(CC(=O)C(=O)NCC[C@H](NC(=O)c2ccc(Nc3nc(NC4(c5ccc(Cl)cc5)CC4)nc(OCC(F)(F)F)n3)cc2)C(=O)O)n1. The fourth-order valence-corrected chi connectivity index (χ4v) is 4.96. The van der Waals surface area contributed by atoms with Crippen molar-refractivity contribution < 1.29 is 42.2 Å². The quantitative estimate of drug-likeness (QED) is 0.105. The molecule has 0 radical (unpaired) electrons. The monoisotopic (exact) mass is 729 g/mol. The topological polar surface area (TPSA) is 202 Å². The number of Topliss-reactive ketones (excluding diaryl/α,β-unsaturated/α-hetero) is 1. The van der Waals surface area contributed by atoms with Gasteiger partial charge in [-0.25, -0.2) is 4.79 Å². The molecular weight excluding hydrogens is 699 g/mol. The van der Waals surface area contributed by atoms with E-state index in [-0.39, 0.29) is 36.8 Å². The number of carboxylic acids is 1. The molecule has 1 saturated carbocycles. The first-order valence-electron chi connectivity index (χ1n) is 15.4. The molecule has 19 heteroatoms. The summed E-state index contributed by atoms with van der Waals surface area (Å²) in [7, 11) is 1.66. The number of aromatic nitrogens is 5. The first kappa shape index (κ1) is 36.5. The molecule has 5 N–H and O–H groups in total. The molecule has 0 spiro atoms. The van der Waals surface area contributed by atoms with Crippen LogP contribution < -0.4 is 26.0 Å². The Morgan fingerprint density at radius 3 is 2.29 bits per heavy atom. The zero-order chi connectivity index (χ0) is 36.8. The van der Waals surface area contributed by atoms with Crippen LogP contribution in [-0.4, -0.2) is 78.8 Å². The Kier molecular flexibility index (Phi) is 11.0. The fourth-order valence-electron chi connectivity index (χ4n) is 4.84. The predicted molar refractivity (Wildman–Crippen MR) is 176 cm³/mol. The standard InChI is InChI=1S/C32H31ClF3N9O6/c1-45-15-11-22(44-45)16-24(46)26(48)37-14-10-23(27(49)50)39-25(47)18-2-8-21(9-3-18)38-28-40-29(42-30(41-28)51-17-32(34,35)36)43-31(12-13-31)19-4-6-20(33)7-5-19/h2-9,11,15,23H,10,12-14,16-17H2,1H3,(H,37,48)(H,39,47)(H,49,50)(H2,38,40,41,42,43)/t23-/m0/s1. The molecule has 1 atom stereocenters. The fraction of sp³-hybridized carbons (Fsp3) is 0.312. The minimum Gasteiger partial charge on any atom is -0.480 e. The molecule has 1 aliphatic carbocycles. The number of nitrogens with one attached hydrogen (secondary N) is 4. The van der Waals surface area contributed by atoms with Crippen molar-refractivity contribution in [3.63, 3.8) is 0 Å². The van der Waals surface area contributed by atoms with E-state index in [1.807, 2.05) is 12.1 Å². The van der Waals surface area contributed by atoms with Crippen LogP contribution in [0, 0.1) is 0 Å². The highest BCUT2D eigenvalue weighted by Crippen LogP contribution is 2.48. The molecule has 2 heterocycles. The largest absolute Gasteiger partial charge is 0.480 e. The van der Waals surface area contributed by atoms with Gasteiger partial charge in [-0.05, 0) is 67.3 Å². The zero-order valence-corrected chi connectivity index (χ0v) is 27.6. The maximum Gasteiger partial charge on any atom is 0.422 e. The summed E-state index contributed by atoms with van der Waals surface area (Å²) < 4.78 is 45.0. The van der Waals surface area contributed by atoms with Crippen LogP contribution in [0.4, 0.5) is 30.8 Å². The number of aryl methyl sites for hydroxylation is 1. The molecule has 2 amide bonds. The van der Waals surface area contributed by atoms with Gasteiger partial charge in [0.2, 0.25) is 17.7 Å². The lowest BCUT2D eigenvalue weighted by Crippen LogP contribution is -2.43. The third-order valence-corrected chi connectivity index (χ3v) is 7.82. The number of aliphatic carboxylic acids is 1. The summed E-state index contributed by atoms with van der Waals surface area (Å²) in [6.45, 7) is -1.83. The van der Waals surface area contributed by atoms with E-state index >= 15 is 0 Å². The highest BCUT2D eigenvalue weighted by atomic mass is 35.5. The summed E-state index contributed by atoms with van der Waals surface area (Å²) in [4.78, 5) is 61.2. The molecular formula is C32H31ClF3N9O6. The van der Waals surface area contributed by atoms with Crippen LogP contribution in [0.3, 0.4) is 0 Å². The molecule has 2 aromatic heterocycles. The molecule has 268 valence electrons. The van der Waals surface area contributed by atoms with Gasteiger partial charge in [-0.1, -0.05) is 23.7 Å². The second-order valence-corrected chi connectivity index (χ2v) is 12.0. The van der Waals surface area contributed by atoms with Gasteiger partial charge in [0.15, 0.2) is 6.61 Å². The molecule has 1 fully saturated rings. The van der Waals surface area contributed by atoms with Gasteiger partial charge >= 0.3 is 18.2 Å². The van der Waals surface area contributed by atoms with Gasteiger partial charge in [0, 0.05) is 36.1 Å². The summed E-state index contributed by atoms with van der Waals surface area (Å²) in [6.07, 6.45) is -2.04. The minimum absolute atomic E-state index is 0.0402. The van der Waals surface area contributed by atoms with Gasteiger partial charge in [-0.15, -0.1) is 0 Å². The number of anilines is 3. The number of halogens is 4. The molecule has 0 saturated heterocycles. The third-order valence-electron chi connectivity index (χ3n) is 7.57. The van der Waals surface area contributed by atoms with E-state index in [9.17, 15) is 37.5 Å². The van der Waals surface area contributed by atoms with Gasteiger partial charge in [-0.2, -0.15) is 33.2 Å². The number of carbonyl (C=O) groups excluding carboxylic acids is 3. The van der Waals surface area contributed by atoms with Crippen molar-refractivity contribution in [2.75, 3.05) is 23.8 Å². The molecule has 0 bridgehead atoms. The van der Waals surface area contributed by atoms with Gasteiger partial charge in [0.1, 0.15) is 6.04 Å². The first-order chi connectivity index (χ1) is 24.2. The van der Waals surface area contributed by atoms with Crippen LogP contribution >= 0.6 is 11.6 Å². The van der Waals surface area contributed by atoms with Crippen LogP contribution in [0.1, 0.15) is 40.9 Å². The number of benzene rings is 2. The normalized spacial score (nSPS) is 13.8. The van der Waals surface area contributed by atoms with E-state index in [0.29, 0.717) is 29.2 Å². The lowest BCUT2D eigenvalue weighted by molar-refractivity contribution is -0.154. The summed E-state index contributed by atoms with van der Waals surface area (Å²) >= 11 is 6.01. The summed E-state index contributed by atoms with van der Waals surface area (Å²) in [6, 6.07) is 12.3. The molecule has 2 aromatic carbocycles. The first-order valence-corrected chi connectivity index (χ1v) is 15.8. The van der Waals surface area contributed by atoms with E-state index < -0.39 is 53.9 Å². The maximum atomic E-state index is 12.9. The average Bonchev–Trinajstić information content (AvgIpc) is 3.74. The number of rotatable bonds is 16. The number of hydrogen-bond donors (Lipinski definition) is 5. The molecule has 1 aliphatic rings. The number of ether oxygens (including phenoxy) is 1. The maximum absolute atomic E-state index is 12.9. The Hall–Kier alpha value is -5.78. The molecule has 0 unspecified atom stereocenters. The Morgan fingerprint density at radius 1 is 1.00 bits per heavy atom. The average molecular weight is 730 g/mol. The van der Waals surface area contributed by atoms with Crippen LogP contribution in [0.15, 0.2) is 60.8 Å². The summed E-state index contributed by atoms with van der Waals surface area (Å²) in [5, 5.41) is 24.9. The number of amides is 2. The smallest absolute Gasteiger partial charge is 0.422 e. The van der Waals surface area contributed by atoms with Crippen molar-refractivity contribution in [2.45, 2.75) is 43.4 Å². The molecule has 51 heavy (non-hydrogen) atoms. The number of ketones is 1. The van der Waals surface area contributed by atoms with Crippen molar-refractivity contribution >= 4 is 52.8 Å². The van der Waals surface area contributed by atoms with Crippen molar-refractivity contribution in [3.05, 3.63) is 82.6 Å². The predicted octanol–water partition coefficient (Wildman–Crippen LogP) is 3.55. The van der Waals surface area contributed by atoms with Gasteiger partial charge in [-0.3, -0.25) is 19.1 Å². The van der Waals surface area contributed by atoms with E-state index in [4.69, 9.17) is 16.3 Å². The van der Waals surface area contributed by atoms with Crippen LogP contribution in [0.2, 0.25) is 5.02 Å². The second-order valence-electron chi connectivity index (χ2n) is 11.6. The number of carbonyl (C=O) groups is 4. The van der Waals surface area contributed by atoms with E-state index in [2.05, 4.69) is 41.3 Å². The van der Waals surface area contributed by atoms with Gasteiger partial charge in [0.05, 0.1) is 17.7 Å². The van der Waals surface area contributed by atoms with E-state index in [1.165, 1.54) is 28.9 Å². The number of hydrogen-bond acceptors (Lipinski definition) is 11. The zero-order valence-electron chi connectivity index (χ0n) is 26.8. The van der Waals surface area contributed by atoms with Crippen LogP contribution in [0.25, 0.3) is 0 Å². The molecule has 5 rings (SSSR count).